The lowest BCUT2D eigenvalue weighted by Gasteiger charge is -2.36. The van der Waals surface area contributed by atoms with Gasteiger partial charge in [0.05, 0.1) is 17.6 Å². The zero-order valence-electron chi connectivity index (χ0n) is 21.6. The normalized spacial score (nSPS) is 14.0. The van der Waals surface area contributed by atoms with Gasteiger partial charge in [0.2, 0.25) is 0 Å². The van der Waals surface area contributed by atoms with Gasteiger partial charge >= 0.3 is 6.09 Å². The van der Waals surface area contributed by atoms with Crippen LogP contribution in [0.4, 0.5) is 10.6 Å². The molecule has 0 radical (unpaired) electrons. The number of hydrogen-bond acceptors (Lipinski definition) is 7. The van der Waals surface area contributed by atoms with Crippen LogP contribution in [0, 0.1) is 6.92 Å². The highest BCUT2D eigenvalue weighted by atomic mass is 16.6. The van der Waals surface area contributed by atoms with Crippen LogP contribution in [0.25, 0.3) is 22.5 Å². The minimum Gasteiger partial charge on any atom is -0.443 e. The lowest BCUT2D eigenvalue weighted by atomic mass is 10.0. The van der Waals surface area contributed by atoms with E-state index in [1.54, 1.807) is 24.2 Å². The number of rotatable bonds is 6. The molecule has 4 rings (SSSR count). The van der Waals surface area contributed by atoms with E-state index in [2.05, 4.69) is 9.88 Å². The minimum atomic E-state index is -0.477. The number of carbonyl (C=O) groups is 2. The molecule has 1 amide bonds. The van der Waals surface area contributed by atoms with Crippen LogP contribution in [0.1, 0.15) is 50.0 Å². The standard InChI is InChI=1S/C28H33N5O3/c1-6-28(4,5)36-27(35)33-15-13-32(14-16-33)24-18-30-25(22-9-7-21(8-10-22)20(3)34)26(31-24)23-11-12-29-17-19(23)2/h7-12,17-18H,6,13-16H2,1-5H3. The van der Waals surface area contributed by atoms with Gasteiger partial charge in [-0.05, 0) is 45.7 Å². The predicted molar refractivity (Wildman–Crippen MR) is 140 cm³/mol. The summed E-state index contributed by atoms with van der Waals surface area (Å²) in [6.07, 6.45) is 5.83. The van der Waals surface area contributed by atoms with Crippen LogP contribution in [-0.2, 0) is 4.74 Å². The van der Waals surface area contributed by atoms with E-state index in [-0.39, 0.29) is 11.9 Å². The molecular formula is C28H33N5O3. The second kappa shape index (κ2) is 10.4. The van der Waals surface area contributed by atoms with E-state index in [1.807, 2.05) is 64.2 Å². The quantitative estimate of drug-likeness (QED) is 0.444. The van der Waals surface area contributed by atoms with Crippen molar-refractivity contribution < 1.29 is 14.3 Å². The fraction of sp³-hybridized carbons (Fsp3) is 0.393. The number of aromatic nitrogens is 3. The Morgan fingerprint density at radius 3 is 2.31 bits per heavy atom. The molecule has 36 heavy (non-hydrogen) atoms. The molecule has 0 N–H and O–H groups in total. The molecule has 1 aliphatic rings. The highest BCUT2D eigenvalue weighted by molar-refractivity contribution is 5.94. The molecule has 1 saturated heterocycles. The molecule has 8 heteroatoms. The molecule has 1 aliphatic heterocycles. The number of ketones is 1. The van der Waals surface area contributed by atoms with Crippen LogP contribution in [0.15, 0.2) is 48.9 Å². The molecule has 0 bridgehead atoms. The van der Waals surface area contributed by atoms with Crippen molar-refractivity contribution in [1.82, 2.24) is 19.9 Å². The number of Topliss-reactive ketones (excluding diaryl/α,β-unsaturated/α-hetero) is 1. The molecule has 2 aromatic heterocycles. The Labute approximate surface area is 212 Å². The summed E-state index contributed by atoms with van der Waals surface area (Å²) in [5.41, 5.74) is 4.52. The number of benzene rings is 1. The molecule has 1 aromatic carbocycles. The molecule has 0 aliphatic carbocycles. The summed E-state index contributed by atoms with van der Waals surface area (Å²) < 4.78 is 5.66. The van der Waals surface area contributed by atoms with Crippen molar-refractivity contribution >= 4 is 17.7 Å². The summed E-state index contributed by atoms with van der Waals surface area (Å²) in [7, 11) is 0. The number of pyridine rings is 1. The Bertz CT molecular complexity index is 1250. The third-order valence-electron chi connectivity index (χ3n) is 6.68. The first kappa shape index (κ1) is 25.3. The maximum Gasteiger partial charge on any atom is 0.410 e. The maximum absolute atomic E-state index is 12.6. The van der Waals surface area contributed by atoms with Crippen molar-refractivity contribution in [3.8, 4) is 22.5 Å². The zero-order valence-corrected chi connectivity index (χ0v) is 21.6. The topological polar surface area (TPSA) is 88.5 Å². The smallest absolute Gasteiger partial charge is 0.410 e. The summed E-state index contributed by atoms with van der Waals surface area (Å²) >= 11 is 0. The van der Waals surface area contributed by atoms with Gasteiger partial charge in [-0.15, -0.1) is 0 Å². The Balaban J connectivity index is 1.61. The van der Waals surface area contributed by atoms with E-state index in [9.17, 15) is 9.59 Å². The van der Waals surface area contributed by atoms with Gasteiger partial charge in [-0.1, -0.05) is 31.2 Å². The number of piperazine rings is 1. The minimum absolute atomic E-state index is 0.0227. The number of aryl methyl sites for hydroxylation is 1. The van der Waals surface area contributed by atoms with Gasteiger partial charge in [0.15, 0.2) is 5.78 Å². The first-order valence-electron chi connectivity index (χ1n) is 12.3. The van der Waals surface area contributed by atoms with Gasteiger partial charge in [-0.2, -0.15) is 0 Å². The SMILES string of the molecule is CCC(C)(C)OC(=O)N1CCN(c2cnc(-c3ccc(C(C)=O)cc3)c(-c3ccncc3C)n2)CC1. The first-order valence-corrected chi connectivity index (χ1v) is 12.3. The maximum atomic E-state index is 12.6. The molecule has 3 aromatic rings. The average molecular weight is 488 g/mol. The van der Waals surface area contributed by atoms with Crippen molar-refractivity contribution in [2.75, 3.05) is 31.1 Å². The predicted octanol–water partition coefficient (Wildman–Crippen LogP) is 5.16. The number of amides is 1. The summed E-state index contributed by atoms with van der Waals surface area (Å²) in [6.45, 7) is 11.8. The number of anilines is 1. The van der Waals surface area contributed by atoms with Gasteiger partial charge in [0.1, 0.15) is 11.4 Å². The Hall–Kier alpha value is -3.81. The van der Waals surface area contributed by atoms with E-state index in [4.69, 9.17) is 14.7 Å². The Morgan fingerprint density at radius 2 is 1.69 bits per heavy atom. The molecule has 0 saturated carbocycles. The van der Waals surface area contributed by atoms with E-state index < -0.39 is 5.60 Å². The van der Waals surface area contributed by atoms with Gasteiger partial charge in [-0.3, -0.25) is 14.8 Å². The molecule has 3 heterocycles. The average Bonchev–Trinajstić information content (AvgIpc) is 2.88. The van der Waals surface area contributed by atoms with Crippen LogP contribution >= 0.6 is 0 Å². The molecule has 0 unspecified atom stereocenters. The van der Waals surface area contributed by atoms with Crippen molar-refractivity contribution in [2.24, 2.45) is 0 Å². The summed E-state index contributed by atoms with van der Waals surface area (Å²) in [6, 6.07) is 9.38. The highest BCUT2D eigenvalue weighted by Crippen LogP contribution is 2.32. The summed E-state index contributed by atoms with van der Waals surface area (Å²) in [4.78, 5) is 42.3. The van der Waals surface area contributed by atoms with Gasteiger partial charge in [0, 0.05) is 55.3 Å². The number of hydrogen-bond donors (Lipinski definition) is 0. The van der Waals surface area contributed by atoms with Crippen LogP contribution in [0.2, 0.25) is 0 Å². The fourth-order valence-electron chi connectivity index (χ4n) is 4.02. The number of nitrogens with zero attached hydrogens (tertiary/aromatic N) is 5. The van der Waals surface area contributed by atoms with Crippen LogP contribution in [0.3, 0.4) is 0 Å². The molecule has 0 spiro atoms. The lowest BCUT2D eigenvalue weighted by molar-refractivity contribution is 0.0106. The van der Waals surface area contributed by atoms with Gasteiger partial charge in [0.25, 0.3) is 0 Å². The summed E-state index contributed by atoms with van der Waals surface area (Å²) in [5.74, 6) is 0.779. The van der Waals surface area contributed by atoms with Crippen LogP contribution in [-0.4, -0.2) is 63.5 Å². The molecule has 188 valence electrons. The van der Waals surface area contributed by atoms with E-state index >= 15 is 0 Å². The molecular weight excluding hydrogens is 454 g/mol. The molecule has 1 fully saturated rings. The third kappa shape index (κ3) is 5.53. The number of ether oxygens (including phenoxy) is 1. The Morgan fingerprint density at radius 1 is 1.00 bits per heavy atom. The lowest BCUT2D eigenvalue weighted by Crippen LogP contribution is -2.50. The highest BCUT2D eigenvalue weighted by Gasteiger charge is 2.28. The number of carbonyl (C=O) groups excluding carboxylic acids is 2. The molecule has 8 nitrogen and oxygen atoms in total. The third-order valence-corrected chi connectivity index (χ3v) is 6.68. The van der Waals surface area contributed by atoms with Crippen molar-refractivity contribution in [2.45, 2.75) is 46.6 Å². The van der Waals surface area contributed by atoms with Crippen molar-refractivity contribution in [3.05, 3.63) is 60.0 Å². The zero-order chi connectivity index (χ0) is 25.9. The van der Waals surface area contributed by atoms with E-state index in [0.29, 0.717) is 31.7 Å². The second-order valence-electron chi connectivity index (χ2n) is 9.70. The largest absolute Gasteiger partial charge is 0.443 e. The van der Waals surface area contributed by atoms with Gasteiger partial charge < -0.3 is 14.5 Å². The van der Waals surface area contributed by atoms with E-state index in [1.165, 1.54) is 0 Å². The van der Waals surface area contributed by atoms with Gasteiger partial charge in [-0.25, -0.2) is 9.78 Å². The van der Waals surface area contributed by atoms with Crippen molar-refractivity contribution in [3.63, 3.8) is 0 Å². The van der Waals surface area contributed by atoms with Crippen molar-refractivity contribution in [1.29, 1.82) is 0 Å². The molecule has 0 atom stereocenters. The fourth-order valence-corrected chi connectivity index (χ4v) is 4.02. The second-order valence-corrected chi connectivity index (χ2v) is 9.70. The first-order chi connectivity index (χ1) is 17.2. The monoisotopic (exact) mass is 487 g/mol. The Kier molecular flexibility index (Phi) is 7.33. The van der Waals surface area contributed by atoms with E-state index in [0.717, 1.165) is 40.3 Å². The van der Waals surface area contributed by atoms with Crippen LogP contribution < -0.4 is 4.90 Å². The summed E-state index contributed by atoms with van der Waals surface area (Å²) in [5, 5.41) is 0. The van der Waals surface area contributed by atoms with Crippen LogP contribution in [0.5, 0.6) is 0 Å².